The molecule has 1 aromatic rings. The Bertz CT molecular complexity index is 634. The molecule has 0 saturated heterocycles. The van der Waals surface area contributed by atoms with Crippen molar-refractivity contribution in [2.45, 2.75) is 65.2 Å². The predicted octanol–water partition coefficient (Wildman–Crippen LogP) is 0.0681. The fraction of sp³-hybridized carbons (Fsp3) is 0.647. The van der Waals surface area contributed by atoms with Gasteiger partial charge in [-0.25, -0.2) is 0 Å². The third kappa shape index (κ3) is 10.1. The number of nitrogens with zero attached hydrogens (tertiary/aromatic N) is 1. The highest BCUT2D eigenvalue weighted by Crippen LogP contribution is 2.27. The van der Waals surface area contributed by atoms with Crippen molar-refractivity contribution in [2.75, 3.05) is 6.61 Å². The van der Waals surface area contributed by atoms with E-state index in [1.165, 1.54) is 10.6 Å². The van der Waals surface area contributed by atoms with E-state index in [2.05, 4.69) is 0 Å². The molecule has 0 unspecified atom stereocenters. The lowest BCUT2D eigenvalue weighted by molar-refractivity contribution is -0.143. The molecule has 9 nitrogen and oxygen atoms in total. The van der Waals surface area contributed by atoms with E-state index < -0.39 is 18.5 Å². The lowest BCUT2D eigenvalue weighted by Gasteiger charge is -2.37. The Balaban J connectivity index is 0.00000153. The minimum atomic E-state index is -2.17. The summed E-state index contributed by atoms with van der Waals surface area (Å²) < 4.78 is 12.2. The molecule has 0 aliphatic carbocycles. The van der Waals surface area contributed by atoms with E-state index in [4.69, 9.17) is 24.5 Å². The van der Waals surface area contributed by atoms with E-state index in [9.17, 15) is 14.7 Å². The highest BCUT2D eigenvalue weighted by molar-refractivity contribution is 6.30. The van der Waals surface area contributed by atoms with Crippen molar-refractivity contribution in [2.24, 2.45) is 0 Å². The van der Waals surface area contributed by atoms with E-state index in [0.717, 1.165) is 0 Å². The number of carbonyl (C=O) groups is 1. The molecule has 0 bridgehead atoms. The molecule has 1 heterocycles. The molecule has 0 aliphatic rings. The average Bonchev–Trinajstić information content (AvgIpc) is 2.48. The number of pyridine rings is 1. The smallest absolute Gasteiger partial charge is 0.483 e. The van der Waals surface area contributed by atoms with Crippen molar-refractivity contribution < 1.29 is 34.4 Å². The van der Waals surface area contributed by atoms with E-state index in [1.54, 1.807) is 46.9 Å². The molecule has 0 aromatic carbocycles. The van der Waals surface area contributed by atoms with Crippen LogP contribution in [0.1, 0.15) is 47.5 Å². The van der Waals surface area contributed by atoms with Gasteiger partial charge in [0.15, 0.2) is 0 Å². The molecule has 0 fully saturated rings. The van der Waals surface area contributed by atoms with Crippen molar-refractivity contribution in [1.29, 1.82) is 0 Å². The van der Waals surface area contributed by atoms with Crippen molar-refractivity contribution in [1.82, 2.24) is 4.57 Å². The van der Waals surface area contributed by atoms with Gasteiger partial charge >= 0.3 is 13.3 Å². The summed E-state index contributed by atoms with van der Waals surface area (Å²) in [5.74, 6) is 0.226. The fourth-order valence-corrected chi connectivity index (χ4v) is 1.79. The second-order valence-electron chi connectivity index (χ2n) is 6.82. The predicted molar refractivity (Wildman–Crippen MR) is 100.0 cm³/mol. The molecule has 0 spiro atoms. The summed E-state index contributed by atoms with van der Waals surface area (Å²) in [6.07, 6.45) is 2.37. The van der Waals surface area contributed by atoms with Gasteiger partial charge in [0.25, 0.3) is 5.56 Å². The van der Waals surface area contributed by atoms with Crippen molar-refractivity contribution in [3.63, 3.8) is 0 Å². The molecule has 0 saturated carbocycles. The van der Waals surface area contributed by atoms with E-state index in [1.807, 2.05) is 0 Å². The Morgan fingerprint density at radius 3 is 2.22 bits per heavy atom. The van der Waals surface area contributed by atoms with Crippen LogP contribution in [0.4, 0.5) is 0 Å². The first-order valence-corrected chi connectivity index (χ1v) is 8.62. The fourth-order valence-electron chi connectivity index (χ4n) is 1.79. The van der Waals surface area contributed by atoms with Crippen molar-refractivity contribution >= 4 is 13.3 Å². The second-order valence-corrected chi connectivity index (χ2v) is 6.82. The van der Waals surface area contributed by atoms with Crippen LogP contribution < -0.4 is 10.3 Å². The van der Waals surface area contributed by atoms with Crippen LogP contribution in [0, 0.1) is 0 Å². The summed E-state index contributed by atoms with van der Waals surface area (Å²) >= 11 is 0. The van der Waals surface area contributed by atoms with Crippen LogP contribution in [-0.2, 0) is 16.1 Å². The van der Waals surface area contributed by atoms with E-state index in [0.29, 0.717) is 25.3 Å². The number of ether oxygens (including phenoxy) is 2. The standard InChI is InChI=1S/C17H27NO5.BH3O3/c1-6-22-15(20)8-7-11-18-12-13(9-10-14(18)19)23-17(4,5)16(2,3)21;2-1(3)4/h9-10,12,21H,6-8,11H2,1-5H3;2-4H. The quantitative estimate of drug-likeness (QED) is 0.363. The maximum Gasteiger partial charge on any atom is 0.631 e. The number of hydrogen-bond donors (Lipinski definition) is 4. The van der Waals surface area contributed by atoms with Gasteiger partial charge in [-0.15, -0.1) is 0 Å². The molecule has 0 radical (unpaired) electrons. The summed E-state index contributed by atoms with van der Waals surface area (Å²) in [6.45, 7) is 9.41. The van der Waals surface area contributed by atoms with Gasteiger partial charge in [0, 0.05) is 25.2 Å². The van der Waals surface area contributed by atoms with Gasteiger partial charge in [0.1, 0.15) is 11.4 Å². The minimum Gasteiger partial charge on any atom is -0.483 e. The topological polar surface area (TPSA) is 138 Å². The van der Waals surface area contributed by atoms with Gasteiger partial charge in [-0.2, -0.15) is 0 Å². The van der Waals surface area contributed by atoms with Crippen molar-refractivity contribution in [3.05, 3.63) is 28.7 Å². The summed E-state index contributed by atoms with van der Waals surface area (Å²) in [4.78, 5) is 23.2. The number of carbonyl (C=O) groups excluding carboxylic acids is 1. The van der Waals surface area contributed by atoms with Crippen molar-refractivity contribution in [3.8, 4) is 5.75 Å². The minimum absolute atomic E-state index is 0.165. The van der Waals surface area contributed by atoms with Crippen LogP contribution in [0.25, 0.3) is 0 Å². The number of rotatable bonds is 8. The van der Waals surface area contributed by atoms with Crippen LogP contribution in [-0.4, -0.2) is 55.8 Å². The van der Waals surface area contributed by atoms with Crippen LogP contribution in [0.15, 0.2) is 23.1 Å². The van der Waals surface area contributed by atoms with Gasteiger partial charge in [-0.05, 0) is 47.1 Å². The highest BCUT2D eigenvalue weighted by atomic mass is 16.5. The highest BCUT2D eigenvalue weighted by Gasteiger charge is 2.37. The largest absolute Gasteiger partial charge is 0.631 e. The van der Waals surface area contributed by atoms with Gasteiger partial charge < -0.3 is 34.2 Å². The number of esters is 1. The molecule has 0 atom stereocenters. The van der Waals surface area contributed by atoms with Gasteiger partial charge in [-0.3, -0.25) is 9.59 Å². The zero-order valence-electron chi connectivity index (χ0n) is 16.5. The molecule has 27 heavy (non-hydrogen) atoms. The molecule has 1 aromatic heterocycles. The molecule has 10 heteroatoms. The molecule has 1 rings (SSSR count). The second kappa shape index (κ2) is 11.1. The van der Waals surface area contributed by atoms with E-state index in [-0.39, 0.29) is 17.9 Å². The zero-order valence-corrected chi connectivity index (χ0v) is 16.5. The maximum atomic E-state index is 11.9. The molecule has 4 N–H and O–H groups in total. The molecular weight excluding hydrogens is 357 g/mol. The lowest BCUT2D eigenvalue weighted by atomic mass is 9.89. The Morgan fingerprint density at radius 1 is 1.19 bits per heavy atom. The Labute approximate surface area is 159 Å². The van der Waals surface area contributed by atoms with Gasteiger partial charge in [0.05, 0.1) is 12.2 Å². The van der Waals surface area contributed by atoms with E-state index >= 15 is 0 Å². The molecule has 0 aliphatic heterocycles. The first-order chi connectivity index (χ1) is 12.3. The Morgan fingerprint density at radius 2 is 1.74 bits per heavy atom. The Kier molecular flexibility index (Phi) is 10.3. The van der Waals surface area contributed by atoms with Gasteiger partial charge in [-0.1, -0.05) is 0 Å². The summed E-state index contributed by atoms with van der Waals surface area (Å²) in [6, 6.07) is 3.00. The third-order valence-electron chi connectivity index (χ3n) is 3.89. The SMILES string of the molecule is CCOC(=O)CCCn1cc(OC(C)(C)C(C)(C)O)ccc1=O.OB(O)O. The molecular formula is C17H30BNO8. The van der Waals surface area contributed by atoms with Crippen LogP contribution >= 0.6 is 0 Å². The first-order valence-electron chi connectivity index (χ1n) is 8.62. The average molecular weight is 387 g/mol. The normalized spacial score (nSPS) is 11.3. The first kappa shape index (κ1) is 25.1. The molecule has 154 valence electrons. The van der Waals surface area contributed by atoms with Crippen LogP contribution in [0.2, 0.25) is 0 Å². The maximum absolute atomic E-state index is 11.9. The van der Waals surface area contributed by atoms with Gasteiger partial charge in [0.2, 0.25) is 0 Å². The number of aryl methyl sites for hydroxylation is 1. The summed E-state index contributed by atoms with van der Waals surface area (Å²) in [5, 5.41) is 31.6. The molecule has 0 amide bonds. The van der Waals surface area contributed by atoms with Crippen LogP contribution in [0.3, 0.4) is 0 Å². The number of aliphatic hydroxyl groups is 1. The number of hydrogen-bond acceptors (Lipinski definition) is 8. The third-order valence-corrected chi connectivity index (χ3v) is 3.89. The summed E-state index contributed by atoms with van der Waals surface area (Å²) in [5.41, 5.74) is -2.03. The zero-order chi connectivity index (χ0) is 21.3. The van der Waals surface area contributed by atoms with Crippen LogP contribution in [0.5, 0.6) is 5.75 Å². The summed E-state index contributed by atoms with van der Waals surface area (Å²) in [7, 11) is -2.17. The number of aromatic nitrogens is 1. The Hall–Kier alpha value is -1.88. The lowest BCUT2D eigenvalue weighted by Crippen LogP contribution is -2.49. The monoisotopic (exact) mass is 387 g/mol.